The van der Waals surface area contributed by atoms with Crippen LogP contribution in [0.1, 0.15) is 38.5 Å². The lowest BCUT2D eigenvalue weighted by atomic mass is 10.1. The highest BCUT2D eigenvalue weighted by Gasteiger charge is 2.20. The molecule has 0 fully saturated rings. The van der Waals surface area contributed by atoms with Crippen molar-refractivity contribution in [3.8, 4) is 5.75 Å². The Labute approximate surface area is 124 Å². The number of rotatable bonds is 4. The minimum atomic E-state index is -0.0140. The van der Waals surface area contributed by atoms with Crippen LogP contribution in [0.15, 0.2) is 35.7 Å². The van der Waals surface area contributed by atoms with Gasteiger partial charge in [-0.25, -0.2) is 0 Å². The Balaban J connectivity index is 2.19. The standard InChI is InChI=1S/C15H21N3OS/c1-11(12-7-6-8-13(9-12)19-5)20-14-17-16-10-18(14)15(2,3)4/h6-11H,1-5H3. The monoisotopic (exact) mass is 291 g/mol. The van der Waals surface area contributed by atoms with E-state index >= 15 is 0 Å². The molecule has 1 aromatic carbocycles. The molecule has 0 N–H and O–H groups in total. The Morgan fingerprint density at radius 2 is 2.05 bits per heavy atom. The Hall–Kier alpha value is -1.49. The van der Waals surface area contributed by atoms with Crippen molar-refractivity contribution in [3.63, 3.8) is 0 Å². The molecule has 1 unspecified atom stereocenters. The number of benzene rings is 1. The van der Waals surface area contributed by atoms with E-state index in [4.69, 9.17) is 4.74 Å². The molecule has 5 heteroatoms. The predicted octanol–water partition coefficient (Wildman–Crippen LogP) is 3.90. The van der Waals surface area contributed by atoms with E-state index in [1.54, 1.807) is 25.2 Å². The maximum atomic E-state index is 5.28. The summed E-state index contributed by atoms with van der Waals surface area (Å²) in [5, 5.41) is 9.50. The Morgan fingerprint density at radius 1 is 1.30 bits per heavy atom. The fraction of sp³-hybridized carbons (Fsp3) is 0.467. The van der Waals surface area contributed by atoms with Gasteiger partial charge in [0.25, 0.3) is 0 Å². The lowest BCUT2D eigenvalue weighted by Gasteiger charge is -2.23. The molecule has 0 aliphatic heterocycles. The van der Waals surface area contributed by atoms with E-state index in [9.17, 15) is 0 Å². The van der Waals surface area contributed by atoms with Crippen LogP contribution in [0, 0.1) is 0 Å². The molecule has 0 radical (unpaired) electrons. The molecule has 0 aliphatic rings. The number of thioether (sulfide) groups is 1. The second kappa shape index (κ2) is 5.87. The summed E-state index contributed by atoms with van der Waals surface area (Å²) >= 11 is 1.71. The Bertz CT molecular complexity index is 574. The minimum Gasteiger partial charge on any atom is -0.497 e. The molecular formula is C15H21N3OS. The summed E-state index contributed by atoms with van der Waals surface area (Å²) in [4.78, 5) is 0. The topological polar surface area (TPSA) is 39.9 Å². The van der Waals surface area contributed by atoms with Crippen LogP contribution in [-0.4, -0.2) is 21.9 Å². The number of nitrogens with zero attached hydrogens (tertiary/aromatic N) is 3. The average molecular weight is 291 g/mol. The van der Waals surface area contributed by atoms with Gasteiger partial charge in [0, 0.05) is 10.8 Å². The molecule has 0 bridgehead atoms. The predicted molar refractivity (Wildman–Crippen MR) is 82.3 cm³/mol. The van der Waals surface area contributed by atoms with Gasteiger partial charge in [-0.15, -0.1) is 10.2 Å². The number of hydrogen-bond acceptors (Lipinski definition) is 4. The largest absolute Gasteiger partial charge is 0.497 e. The van der Waals surface area contributed by atoms with Crippen LogP contribution in [-0.2, 0) is 5.54 Å². The third-order valence-electron chi connectivity index (χ3n) is 3.08. The second-order valence-electron chi connectivity index (χ2n) is 5.69. The van der Waals surface area contributed by atoms with Crippen molar-refractivity contribution in [2.75, 3.05) is 7.11 Å². The van der Waals surface area contributed by atoms with E-state index in [1.165, 1.54) is 5.56 Å². The normalized spacial score (nSPS) is 13.2. The highest BCUT2D eigenvalue weighted by atomic mass is 32.2. The van der Waals surface area contributed by atoms with Crippen LogP contribution in [0.3, 0.4) is 0 Å². The molecule has 0 spiro atoms. The number of ether oxygens (including phenoxy) is 1. The van der Waals surface area contributed by atoms with Gasteiger partial charge in [0.1, 0.15) is 12.1 Å². The summed E-state index contributed by atoms with van der Waals surface area (Å²) < 4.78 is 7.38. The second-order valence-corrected chi connectivity index (χ2v) is 7.00. The average Bonchev–Trinajstić information content (AvgIpc) is 2.87. The van der Waals surface area contributed by atoms with Crippen molar-refractivity contribution in [1.82, 2.24) is 14.8 Å². The maximum absolute atomic E-state index is 5.28. The van der Waals surface area contributed by atoms with Gasteiger partial charge in [0.2, 0.25) is 0 Å². The van der Waals surface area contributed by atoms with Gasteiger partial charge in [-0.1, -0.05) is 23.9 Å². The van der Waals surface area contributed by atoms with Gasteiger partial charge in [-0.2, -0.15) is 0 Å². The first kappa shape index (κ1) is 14.9. The molecule has 0 aliphatic carbocycles. The molecule has 1 heterocycles. The van der Waals surface area contributed by atoms with E-state index in [2.05, 4.69) is 54.6 Å². The van der Waals surface area contributed by atoms with Crippen LogP contribution in [0.25, 0.3) is 0 Å². The van der Waals surface area contributed by atoms with Crippen molar-refractivity contribution in [1.29, 1.82) is 0 Å². The summed E-state index contributed by atoms with van der Waals surface area (Å²) in [6.45, 7) is 8.62. The fourth-order valence-corrected chi connectivity index (χ4v) is 3.01. The van der Waals surface area contributed by atoms with Gasteiger partial charge < -0.3 is 9.30 Å². The zero-order valence-corrected chi connectivity index (χ0v) is 13.4. The fourth-order valence-electron chi connectivity index (χ4n) is 1.89. The summed E-state index contributed by atoms with van der Waals surface area (Å²) in [6, 6.07) is 8.14. The van der Waals surface area contributed by atoms with E-state index in [-0.39, 0.29) is 10.8 Å². The van der Waals surface area contributed by atoms with Crippen molar-refractivity contribution < 1.29 is 4.74 Å². The lowest BCUT2D eigenvalue weighted by Crippen LogP contribution is -2.21. The lowest BCUT2D eigenvalue weighted by molar-refractivity contribution is 0.367. The molecule has 0 saturated carbocycles. The van der Waals surface area contributed by atoms with Gasteiger partial charge in [0.05, 0.1) is 7.11 Å². The zero-order chi connectivity index (χ0) is 14.8. The first-order valence-corrected chi connectivity index (χ1v) is 7.51. The van der Waals surface area contributed by atoms with Crippen LogP contribution in [0.2, 0.25) is 0 Å². The van der Waals surface area contributed by atoms with Crippen LogP contribution >= 0.6 is 11.8 Å². The molecule has 2 rings (SSSR count). The smallest absolute Gasteiger partial charge is 0.192 e. The van der Waals surface area contributed by atoms with Crippen LogP contribution in [0.5, 0.6) is 5.75 Å². The van der Waals surface area contributed by atoms with Crippen molar-refractivity contribution in [3.05, 3.63) is 36.2 Å². The number of methoxy groups -OCH3 is 1. The van der Waals surface area contributed by atoms with Gasteiger partial charge >= 0.3 is 0 Å². The zero-order valence-electron chi connectivity index (χ0n) is 12.6. The number of hydrogen-bond donors (Lipinski definition) is 0. The van der Waals surface area contributed by atoms with E-state index in [0.717, 1.165) is 10.9 Å². The van der Waals surface area contributed by atoms with Crippen molar-refractivity contribution in [2.24, 2.45) is 0 Å². The molecule has 20 heavy (non-hydrogen) atoms. The van der Waals surface area contributed by atoms with Gasteiger partial charge in [-0.3, -0.25) is 0 Å². The summed E-state index contributed by atoms with van der Waals surface area (Å²) in [5.41, 5.74) is 1.21. The highest BCUT2D eigenvalue weighted by Crippen LogP contribution is 2.36. The quantitative estimate of drug-likeness (QED) is 0.801. The van der Waals surface area contributed by atoms with Crippen LogP contribution in [0.4, 0.5) is 0 Å². The van der Waals surface area contributed by atoms with E-state index < -0.39 is 0 Å². The molecular weight excluding hydrogens is 270 g/mol. The molecule has 1 atom stereocenters. The minimum absolute atomic E-state index is 0.0140. The molecule has 4 nitrogen and oxygen atoms in total. The van der Waals surface area contributed by atoms with E-state index in [1.807, 2.05) is 12.1 Å². The highest BCUT2D eigenvalue weighted by molar-refractivity contribution is 7.99. The third kappa shape index (κ3) is 3.33. The summed E-state index contributed by atoms with van der Waals surface area (Å²) in [7, 11) is 1.69. The van der Waals surface area contributed by atoms with E-state index in [0.29, 0.717) is 0 Å². The first-order chi connectivity index (χ1) is 9.41. The maximum Gasteiger partial charge on any atom is 0.192 e. The molecule has 2 aromatic rings. The number of aromatic nitrogens is 3. The summed E-state index contributed by atoms with van der Waals surface area (Å²) in [5.74, 6) is 0.882. The molecule has 0 saturated heterocycles. The molecule has 108 valence electrons. The first-order valence-electron chi connectivity index (χ1n) is 6.63. The van der Waals surface area contributed by atoms with Crippen LogP contribution < -0.4 is 4.74 Å². The SMILES string of the molecule is COc1cccc(C(C)Sc2nncn2C(C)(C)C)c1. The molecule has 1 aromatic heterocycles. The van der Waals surface area contributed by atoms with Gasteiger partial charge in [-0.05, 0) is 45.4 Å². The Morgan fingerprint density at radius 3 is 2.70 bits per heavy atom. The van der Waals surface area contributed by atoms with Crippen molar-refractivity contribution >= 4 is 11.8 Å². The summed E-state index contributed by atoms with van der Waals surface area (Å²) in [6.07, 6.45) is 1.79. The van der Waals surface area contributed by atoms with Crippen molar-refractivity contribution in [2.45, 2.75) is 43.6 Å². The Kier molecular flexibility index (Phi) is 4.38. The van der Waals surface area contributed by atoms with Gasteiger partial charge in [0.15, 0.2) is 5.16 Å². The molecule has 0 amide bonds. The third-order valence-corrected chi connectivity index (χ3v) is 4.20.